The van der Waals surface area contributed by atoms with Crippen LogP contribution in [0.4, 0.5) is 0 Å². The van der Waals surface area contributed by atoms with Crippen molar-refractivity contribution >= 4 is 15.9 Å². The third-order valence-corrected chi connectivity index (χ3v) is 2.69. The van der Waals surface area contributed by atoms with Crippen LogP contribution in [0, 0.1) is 0 Å². The highest BCUT2D eigenvalue weighted by Gasteiger charge is 2.12. The van der Waals surface area contributed by atoms with E-state index in [2.05, 4.69) is 28.9 Å². The van der Waals surface area contributed by atoms with E-state index in [-0.39, 0.29) is 6.04 Å². The Labute approximate surface area is 93.6 Å². The predicted molar refractivity (Wildman–Crippen MR) is 62.7 cm³/mol. The van der Waals surface area contributed by atoms with E-state index in [1.165, 1.54) is 5.56 Å². The summed E-state index contributed by atoms with van der Waals surface area (Å²) in [4.78, 5) is 0. The van der Waals surface area contributed by atoms with Crippen molar-refractivity contribution in [3.63, 3.8) is 0 Å². The van der Waals surface area contributed by atoms with Crippen molar-refractivity contribution in [3.8, 4) is 5.75 Å². The predicted octanol–water partition coefficient (Wildman–Crippen LogP) is 3.04. The van der Waals surface area contributed by atoms with Crippen molar-refractivity contribution in [1.29, 1.82) is 0 Å². The van der Waals surface area contributed by atoms with E-state index in [9.17, 15) is 0 Å². The zero-order chi connectivity index (χ0) is 10.7. The van der Waals surface area contributed by atoms with Gasteiger partial charge in [-0.15, -0.1) is 0 Å². The van der Waals surface area contributed by atoms with Gasteiger partial charge in [0.05, 0.1) is 7.11 Å². The van der Waals surface area contributed by atoms with Gasteiger partial charge in [0.2, 0.25) is 0 Å². The Morgan fingerprint density at radius 2 is 2.14 bits per heavy atom. The first kappa shape index (κ1) is 11.5. The first-order valence-corrected chi connectivity index (χ1v) is 5.51. The lowest BCUT2D eigenvalue weighted by molar-refractivity contribution is 0.402. The Bertz CT molecular complexity index is 323. The fourth-order valence-corrected chi connectivity index (χ4v) is 2.05. The number of benzene rings is 1. The number of hydrogen-bond donors (Lipinski definition) is 1. The van der Waals surface area contributed by atoms with Crippen LogP contribution < -0.4 is 10.5 Å². The summed E-state index contributed by atoms with van der Waals surface area (Å²) in [5, 5.41) is 0. The molecule has 1 atom stereocenters. The number of aryl methyl sites for hydroxylation is 1. The van der Waals surface area contributed by atoms with Gasteiger partial charge in [0.25, 0.3) is 0 Å². The number of ether oxygens (including phenoxy) is 1. The average Bonchev–Trinajstić information content (AvgIpc) is 2.16. The minimum atomic E-state index is -0.00671. The monoisotopic (exact) mass is 257 g/mol. The molecule has 1 unspecified atom stereocenters. The quantitative estimate of drug-likeness (QED) is 0.904. The Kier molecular flexibility index (Phi) is 3.96. The van der Waals surface area contributed by atoms with Crippen molar-refractivity contribution in [1.82, 2.24) is 0 Å². The molecule has 0 spiro atoms. The van der Waals surface area contributed by atoms with Gasteiger partial charge < -0.3 is 10.5 Å². The molecule has 3 heteroatoms. The van der Waals surface area contributed by atoms with E-state index in [0.717, 1.165) is 22.2 Å². The van der Waals surface area contributed by atoms with Gasteiger partial charge in [-0.3, -0.25) is 0 Å². The number of rotatable bonds is 3. The van der Waals surface area contributed by atoms with Gasteiger partial charge in [0.1, 0.15) is 5.75 Å². The molecular formula is C11H16BrNO. The first-order chi connectivity index (χ1) is 6.60. The fraction of sp³-hybridized carbons (Fsp3) is 0.455. The molecule has 0 saturated carbocycles. The van der Waals surface area contributed by atoms with Crippen molar-refractivity contribution in [2.75, 3.05) is 7.11 Å². The van der Waals surface area contributed by atoms with Crippen LogP contribution in [-0.2, 0) is 6.42 Å². The Hall–Kier alpha value is -0.540. The SMILES string of the molecule is CCc1cc(Br)cc(C(C)N)c1OC. The van der Waals surface area contributed by atoms with Crippen molar-refractivity contribution in [2.24, 2.45) is 5.73 Å². The summed E-state index contributed by atoms with van der Waals surface area (Å²) >= 11 is 3.47. The van der Waals surface area contributed by atoms with E-state index < -0.39 is 0 Å². The molecule has 1 rings (SSSR count). The normalized spacial score (nSPS) is 12.6. The highest BCUT2D eigenvalue weighted by molar-refractivity contribution is 9.10. The smallest absolute Gasteiger partial charge is 0.126 e. The third-order valence-electron chi connectivity index (χ3n) is 2.23. The van der Waals surface area contributed by atoms with Gasteiger partial charge in [-0.2, -0.15) is 0 Å². The summed E-state index contributed by atoms with van der Waals surface area (Å²) in [6.45, 7) is 4.07. The van der Waals surface area contributed by atoms with Crippen LogP contribution in [0.15, 0.2) is 16.6 Å². The van der Waals surface area contributed by atoms with Gasteiger partial charge in [-0.1, -0.05) is 22.9 Å². The van der Waals surface area contributed by atoms with Gasteiger partial charge in [-0.25, -0.2) is 0 Å². The molecule has 0 saturated heterocycles. The molecule has 0 aliphatic rings. The molecule has 0 amide bonds. The second-order valence-corrected chi connectivity index (χ2v) is 4.25. The van der Waals surface area contributed by atoms with Crippen LogP contribution in [0.25, 0.3) is 0 Å². The van der Waals surface area contributed by atoms with Crippen molar-refractivity contribution in [2.45, 2.75) is 26.3 Å². The molecule has 0 bridgehead atoms. The second-order valence-electron chi connectivity index (χ2n) is 3.33. The third kappa shape index (κ3) is 2.28. The molecule has 1 aromatic rings. The summed E-state index contributed by atoms with van der Waals surface area (Å²) in [5.41, 5.74) is 8.13. The summed E-state index contributed by atoms with van der Waals surface area (Å²) in [6.07, 6.45) is 0.947. The topological polar surface area (TPSA) is 35.2 Å². The lowest BCUT2D eigenvalue weighted by Gasteiger charge is -2.15. The molecule has 78 valence electrons. The van der Waals surface area contributed by atoms with E-state index in [1.54, 1.807) is 7.11 Å². The maximum atomic E-state index is 5.88. The molecule has 0 fully saturated rings. The minimum Gasteiger partial charge on any atom is -0.496 e. The average molecular weight is 258 g/mol. The molecule has 2 nitrogen and oxygen atoms in total. The lowest BCUT2D eigenvalue weighted by atomic mass is 10.0. The van der Waals surface area contributed by atoms with Gasteiger partial charge in [0, 0.05) is 16.1 Å². The van der Waals surface area contributed by atoms with Crippen LogP contribution >= 0.6 is 15.9 Å². The maximum absolute atomic E-state index is 5.88. The van der Waals surface area contributed by atoms with Crippen LogP contribution in [0.5, 0.6) is 5.75 Å². The maximum Gasteiger partial charge on any atom is 0.126 e. The Morgan fingerprint density at radius 3 is 2.57 bits per heavy atom. The van der Waals surface area contributed by atoms with Gasteiger partial charge in [-0.05, 0) is 31.0 Å². The van der Waals surface area contributed by atoms with Crippen LogP contribution in [0.1, 0.15) is 31.0 Å². The molecule has 0 aliphatic carbocycles. The number of methoxy groups -OCH3 is 1. The summed E-state index contributed by atoms with van der Waals surface area (Å²) in [7, 11) is 1.69. The van der Waals surface area contributed by atoms with Gasteiger partial charge >= 0.3 is 0 Å². The molecule has 0 aromatic heterocycles. The standard InChI is InChI=1S/C11H16BrNO/c1-4-8-5-9(12)6-10(7(2)13)11(8)14-3/h5-7H,4,13H2,1-3H3. The highest BCUT2D eigenvalue weighted by atomic mass is 79.9. The molecule has 1 aromatic carbocycles. The molecule has 14 heavy (non-hydrogen) atoms. The Balaban J connectivity index is 3.31. The molecule has 0 aliphatic heterocycles. The molecule has 0 heterocycles. The van der Waals surface area contributed by atoms with E-state index in [1.807, 2.05) is 13.0 Å². The zero-order valence-corrected chi connectivity index (χ0v) is 10.4. The van der Waals surface area contributed by atoms with Crippen LogP contribution in [-0.4, -0.2) is 7.11 Å². The fourth-order valence-electron chi connectivity index (χ4n) is 1.52. The molecule has 2 N–H and O–H groups in total. The number of hydrogen-bond acceptors (Lipinski definition) is 2. The number of halogens is 1. The van der Waals surface area contributed by atoms with Crippen molar-refractivity contribution < 1.29 is 4.74 Å². The lowest BCUT2D eigenvalue weighted by Crippen LogP contribution is -2.08. The van der Waals surface area contributed by atoms with Crippen molar-refractivity contribution in [3.05, 3.63) is 27.7 Å². The molecule has 0 radical (unpaired) electrons. The van der Waals surface area contributed by atoms with E-state index in [4.69, 9.17) is 10.5 Å². The summed E-state index contributed by atoms with van der Waals surface area (Å²) in [6, 6.07) is 4.08. The summed E-state index contributed by atoms with van der Waals surface area (Å²) in [5.74, 6) is 0.922. The largest absolute Gasteiger partial charge is 0.496 e. The summed E-state index contributed by atoms with van der Waals surface area (Å²) < 4.78 is 6.44. The number of nitrogens with two attached hydrogens (primary N) is 1. The Morgan fingerprint density at radius 1 is 1.50 bits per heavy atom. The molecular weight excluding hydrogens is 242 g/mol. The van der Waals surface area contributed by atoms with E-state index in [0.29, 0.717) is 0 Å². The second kappa shape index (κ2) is 4.80. The van der Waals surface area contributed by atoms with E-state index >= 15 is 0 Å². The minimum absolute atomic E-state index is 0.00671. The van der Waals surface area contributed by atoms with Crippen LogP contribution in [0.3, 0.4) is 0 Å². The first-order valence-electron chi connectivity index (χ1n) is 4.72. The zero-order valence-electron chi connectivity index (χ0n) is 8.80. The van der Waals surface area contributed by atoms with Crippen LogP contribution in [0.2, 0.25) is 0 Å². The highest BCUT2D eigenvalue weighted by Crippen LogP contribution is 2.31. The van der Waals surface area contributed by atoms with Gasteiger partial charge in [0.15, 0.2) is 0 Å².